The molecule has 1 saturated carbocycles. The van der Waals surface area contributed by atoms with Gasteiger partial charge in [-0.2, -0.15) is 0 Å². The molecule has 1 aliphatic rings. The Labute approximate surface area is 108 Å². The summed E-state index contributed by atoms with van der Waals surface area (Å²) in [4.78, 5) is 2.58. The van der Waals surface area contributed by atoms with Crippen LogP contribution in [0, 0.1) is 11.3 Å². The van der Waals surface area contributed by atoms with Gasteiger partial charge < -0.3 is 10.2 Å². The Morgan fingerprint density at radius 3 is 2.24 bits per heavy atom. The molecule has 0 aromatic heterocycles. The Balaban J connectivity index is 2.39. The van der Waals surface area contributed by atoms with E-state index in [1.165, 1.54) is 51.7 Å². The van der Waals surface area contributed by atoms with Crippen molar-refractivity contribution in [2.45, 2.75) is 52.9 Å². The van der Waals surface area contributed by atoms with Gasteiger partial charge in [-0.05, 0) is 50.6 Å². The molecule has 1 rings (SSSR count). The van der Waals surface area contributed by atoms with E-state index in [4.69, 9.17) is 0 Å². The predicted molar refractivity (Wildman–Crippen MR) is 76.4 cm³/mol. The highest BCUT2D eigenvalue weighted by atomic mass is 15.1. The van der Waals surface area contributed by atoms with Crippen LogP contribution >= 0.6 is 0 Å². The molecule has 1 N–H and O–H groups in total. The van der Waals surface area contributed by atoms with E-state index < -0.39 is 0 Å². The van der Waals surface area contributed by atoms with Crippen LogP contribution in [0.2, 0.25) is 0 Å². The lowest BCUT2D eigenvalue weighted by atomic mass is 9.80. The van der Waals surface area contributed by atoms with Crippen molar-refractivity contribution in [2.24, 2.45) is 11.3 Å². The molecule has 0 unspecified atom stereocenters. The smallest absolute Gasteiger partial charge is 0.00470 e. The molecule has 0 aromatic carbocycles. The minimum atomic E-state index is 0.481. The fraction of sp³-hybridized carbons (Fsp3) is 1.00. The number of nitrogens with one attached hydrogen (secondary N) is 1. The van der Waals surface area contributed by atoms with E-state index in [1.807, 2.05) is 0 Å². The number of hydrogen-bond acceptors (Lipinski definition) is 2. The molecule has 0 radical (unpaired) electrons. The van der Waals surface area contributed by atoms with Crippen molar-refractivity contribution >= 4 is 0 Å². The van der Waals surface area contributed by atoms with Gasteiger partial charge in [-0.1, -0.05) is 27.2 Å². The first-order valence-corrected chi connectivity index (χ1v) is 7.55. The summed E-state index contributed by atoms with van der Waals surface area (Å²) < 4.78 is 0. The second-order valence-electron chi connectivity index (χ2n) is 5.98. The van der Waals surface area contributed by atoms with Crippen LogP contribution < -0.4 is 5.32 Å². The third kappa shape index (κ3) is 4.59. The van der Waals surface area contributed by atoms with E-state index >= 15 is 0 Å². The first kappa shape index (κ1) is 15.0. The Kier molecular flexibility index (Phi) is 6.50. The SMILES string of the molecule is CCNCC(CC)(CC)CN(C)CC1CCC1. The van der Waals surface area contributed by atoms with E-state index in [2.05, 4.69) is 38.0 Å². The molecule has 0 saturated heterocycles. The molecule has 1 aliphatic carbocycles. The van der Waals surface area contributed by atoms with Gasteiger partial charge in [0, 0.05) is 19.6 Å². The van der Waals surface area contributed by atoms with Crippen molar-refractivity contribution in [1.29, 1.82) is 0 Å². The second-order valence-corrected chi connectivity index (χ2v) is 5.98. The third-order valence-electron chi connectivity index (χ3n) is 4.65. The highest BCUT2D eigenvalue weighted by Crippen LogP contribution is 2.30. The van der Waals surface area contributed by atoms with Crippen molar-refractivity contribution in [1.82, 2.24) is 10.2 Å². The van der Waals surface area contributed by atoms with Gasteiger partial charge in [-0.15, -0.1) is 0 Å². The normalized spacial score (nSPS) is 17.5. The summed E-state index contributed by atoms with van der Waals surface area (Å²) in [5, 5.41) is 3.55. The lowest BCUT2D eigenvalue weighted by Gasteiger charge is -2.38. The van der Waals surface area contributed by atoms with Crippen LogP contribution in [-0.2, 0) is 0 Å². The first-order chi connectivity index (χ1) is 8.15. The maximum atomic E-state index is 3.55. The van der Waals surface area contributed by atoms with Gasteiger partial charge in [0.25, 0.3) is 0 Å². The van der Waals surface area contributed by atoms with Crippen LogP contribution in [0.25, 0.3) is 0 Å². The van der Waals surface area contributed by atoms with Crippen molar-refractivity contribution in [3.05, 3.63) is 0 Å². The average Bonchev–Trinajstić information content (AvgIpc) is 2.29. The maximum absolute atomic E-state index is 3.55. The van der Waals surface area contributed by atoms with Gasteiger partial charge in [0.1, 0.15) is 0 Å². The van der Waals surface area contributed by atoms with E-state index in [-0.39, 0.29) is 0 Å². The largest absolute Gasteiger partial charge is 0.316 e. The van der Waals surface area contributed by atoms with Crippen LogP contribution in [0.1, 0.15) is 52.9 Å². The summed E-state index contributed by atoms with van der Waals surface area (Å²) in [7, 11) is 2.31. The molecular formula is C15H32N2. The molecule has 2 heteroatoms. The topological polar surface area (TPSA) is 15.3 Å². The van der Waals surface area contributed by atoms with Crippen LogP contribution in [0.5, 0.6) is 0 Å². The monoisotopic (exact) mass is 240 g/mol. The molecule has 102 valence electrons. The number of rotatable bonds is 9. The Morgan fingerprint density at radius 2 is 1.82 bits per heavy atom. The molecule has 0 heterocycles. The number of nitrogens with zero attached hydrogens (tertiary/aromatic N) is 1. The molecule has 0 amide bonds. The highest BCUT2D eigenvalue weighted by molar-refractivity contribution is 4.83. The molecular weight excluding hydrogens is 208 g/mol. The lowest BCUT2D eigenvalue weighted by Crippen LogP contribution is -2.44. The molecule has 17 heavy (non-hydrogen) atoms. The van der Waals surface area contributed by atoms with Crippen molar-refractivity contribution in [3.8, 4) is 0 Å². The van der Waals surface area contributed by atoms with Gasteiger partial charge in [0.05, 0.1) is 0 Å². The third-order valence-corrected chi connectivity index (χ3v) is 4.65. The standard InChI is InChI=1S/C15H32N2/c1-5-15(6-2,12-16-7-3)13-17(4)11-14-9-8-10-14/h14,16H,5-13H2,1-4H3. The zero-order valence-electron chi connectivity index (χ0n) is 12.4. The van der Waals surface area contributed by atoms with Gasteiger partial charge in [-0.3, -0.25) is 0 Å². The first-order valence-electron chi connectivity index (χ1n) is 7.55. The average molecular weight is 240 g/mol. The lowest BCUT2D eigenvalue weighted by molar-refractivity contribution is 0.123. The van der Waals surface area contributed by atoms with E-state index in [0.717, 1.165) is 12.5 Å². The summed E-state index contributed by atoms with van der Waals surface area (Å²) in [5.74, 6) is 0.991. The fourth-order valence-corrected chi connectivity index (χ4v) is 2.92. The zero-order chi connectivity index (χ0) is 12.7. The summed E-state index contributed by atoms with van der Waals surface area (Å²) >= 11 is 0. The van der Waals surface area contributed by atoms with E-state index in [1.54, 1.807) is 0 Å². The Bertz CT molecular complexity index is 195. The molecule has 0 spiro atoms. The summed E-state index contributed by atoms with van der Waals surface area (Å²) in [6, 6.07) is 0. The second kappa shape index (κ2) is 7.38. The molecule has 0 aromatic rings. The minimum Gasteiger partial charge on any atom is -0.316 e. The fourth-order valence-electron chi connectivity index (χ4n) is 2.92. The Morgan fingerprint density at radius 1 is 1.18 bits per heavy atom. The van der Waals surface area contributed by atoms with Crippen LogP contribution in [0.4, 0.5) is 0 Å². The van der Waals surface area contributed by atoms with Crippen LogP contribution in [-0.4, -0.2) is 38.1 Å². The molecule has 1 fully saturated rings. The van der Waals surface area contributed by atoms with Gasteiger partial charge in [0.15, 0.2) is 0 Å². The highest BCUT2D eigenvalue weighted by Gasteiger charge is 2.28. The van der Waals surface area contributed by atoms with Crippen LogP contribution in [0.3, 0.4) is 0 Å². The quantitative estimate of drug-likeness (QED) is 0.666. The Hall–Kier alpha value is -0.0800. The summed E-state index contributed by atoms with van der Waals surface area (Å²) in [6.07, 6.45) is 6.95. The van der Waals surface area contributed by atoms with Crippen molar-refractivity contribution in [3.63, 3.8) is 0 Å². The zero-order valence-corrected chi connectivity index (χ0v) is 12.4. The van der Waals surface area contributed by atoms with Crippen molar-refractivity contribution in [2.75, 3.05) is 33.2 Å². The van der Waals surface area contributed by atoms with E-state index in [0.29, 0.717) is 5.41 Å². The van der Waals surface area contributed by atoms with Gasteiger partial charge in [0.2, 0.25) is 0 Å². The molecule has 2 nitrogen and oxygen atoms in total. The van der Waals surface area contributed by atoms with E-state index in [9.17, 15) is 0 Å². The number of hydrogen-bond donors (Lipinski definition) is 1. The van der Waals surface area contributed by atoms with Gasteiger partial charge in [-0.25, -0.2) is 0 Å². The molecule has 0 aliphatic heterocycles. The van der Waals surface area contributed by atoms with Gasteiger partial charge >= 0.3 is 0 Å². The maximum Gasteiger partial charge on any atom is 0.00470 e. The predicted octanol–water partition coefficient (Wildman–Crippen LogP) is 3.13. The summed E-state index contributed by atoms with van der Waals surface area (Å²) in [6.45, 7) is 11.7. The summed E-state index contributed by atoms with van der Waals surface area (Å²) in [5.41, 5.74) is 0.481. The van der Waals surface area contributed by atoms with Crippen molar-refractivity contribution < 1.29 is 0 Å². The molecule has 0 atom stereocenters. The molecule has 0 bridgehead atoms. The minimum absolute atomic E-state index is 0.481. The van der Waals surface area contributed by atoms with Crippen LogP contribution in [0.15, 0.2) is 0 Å².